The van der Waals surface area contributed by atoms with Crippen LogP contribution in [0.5, 0.6) is 0 Å². The number of carbonyl (C=O) groups excluding carboxylic acids is 1. The topological polar surface area (TPSA) is 49.6 Å². The van der Waals surface area contributed by atoms with Crippen LogP contribution in [0.25, 0.3) is 0 Å². The molecular formula is C13H19N3O. The fourth-order valence-corrected chi connectivity index (χ4v) is 2.29. The summed E-state index contributed by atoms with van der Waals surface area (Å²) in [6.45, 7) is 6.22. The van der Waals surface area contributed by atoms with Gasteiger partial charge in [0.2, 0.25) is 5.91 Å². The van der Waals surface area contributed by atoms with E-state index in [-0.39, 0.29) is 5.91 Å². The van der Waals surface area contributed by atoms with Gasteiger partial charge in [0.25, 0.3) is 0 Å². The van der Waals surface area contributed by atoms with Gasteiger partial charge in [0.1, 0.15) is 0 Å². The molecule has 92 valence electrons. The Balaban J connectivity index is 1.95. The number of nitrogens with two attached hydrogens (primary N) is 1. The Hall–Kier alpha value is -1.55. The second-order valence-electron chi connectivity index (χ2n) is 4.52. The lowest BCUT2D eigenvalue weighted by Crippen LogP contribution is -2.49. The van der Waals surface area contributed by atoms with Crippen molar-refractivity contribution in [3.63, 3.8) is 0 Å². The molecule has 0 atom stereocenters. The predicted octanol–water partition coefficient (Wildman–Crippen LogP) is 0.602. The lowest BCUT2D eigenvalue weighted by molar-refractivity contribution is -0.119. The molecule has 1 aliphatic heterocycles. The highest BCUT2D eigenvalue weighted by Crippen LogP contribution is 2.20. The van der Waals surface area contributed by atoms with Gasteiger partial charge in [-0.05, 0) is 18.6 Å². The molecule has 2 N–H and O–H groups in total. The van der Waals surface area contributed by atoms with E-state index < -0.39 is 0 Å². The Morgan fingerprint density at radius 1 is 1.24 bits per heavy atom. The number of amides is 1. The fourth-order valence-electron chi connectivity index (χ4n) is 2.29. The van der Waals surface area contributed by atoms with Crippen LogP contribution in [0.1, 0.15) is 5.56 Å². The van der Waals surface area contributed by atoms with Crippen LogP contribution in [0.3, 0.4) is 0 Å². The van der Waals surface area contributed by atoms with Crippen molar-refractivity contribution in [2.24, 2.45) is 5.73 Å². The first-order valence-corrected chi connectivity index (χ1v) is 5.98. The predicted molar refractivity (Wildman–Crippen MR) is 69.0 cm³/mol. The van der Waals surface area contributed by atoms with Crippen molar-refractivity contribution >= 4 is 11.6 Å². The molecule has 1 heterocycles. The standard InChI is InChI=1S/C13H19N3O/c1-11-4-2-3-5-12(11)16-8-6-15(7-9-16)10-13(14)17/h2-5H,6-10H2,1H3,(H2,14,17). The number of primary amides is 1. The summed E-state index contributed by atoms with van der Waals surface area (Å²) in [6.07, 6.45) is 0. The second kappa shape index (κ2) is 5.19. The van der Waals surface area contributed by atoms with E-state index in [0.29, 0.717) is 6.54 Å². The normalized spacial score (nSPS) is 17.1. The lowest BCUT2D eigenvalue weighted by atomic mass is 10.1. The molecule has 1 fully saturated rings. The zero-order valence-corrected chi connectivity index (χ0v) is 10.2. The van der Waals surface area contributed by atoms with Gasteiger partial charge in [-0.3, -0.25) is 9.69 Å². The van der Waals surface area contributed by atoms with E-state index in [1.54, 1.807) is 0 Å². The maximum atomic E-state index is 10.8. The average molecular weight is 233 g/mol. The van der Waals surface area contributed by atoms with E-state index in [1.165, 1.54) is 11.3 Å². The molecule has 0 unspecified atom stereocenters. The van der Waals surface area contributed by atoms with Crippen LogP contribution in [0.4, 0.5) is 5.69 Å². The van der Waals surface area contributed by atoms with E-state index in [4.69, 9.17) is 5.73 Å². The second-order valence-corrected chi connectivity index (χ2v) is 4.52. The van der Waals surface area contributed by atoms with Gasteiger partial charge >= 0.3 is 0 Å². The van der Waals surface area contributed by atoms with Gasteiger partial charge < -0.3 is 10.6 Å². The van der Waals surface area contributed by atoms with Crippen LogP contribution >= 0.6 is 0 Å². The number of carbonyl (C=O) groups is 1. The number of hydrogen-bond donors (Lipinski definition) is 1. The summed E-state index contributed by atoms with van der Waals surface area (Å²) in [5, 5.41) is 0. The minimum atomic E-state index is -0.241. The van der Waals surface area contributed by atoms with E-state index in [1.807, 2.05) is 0 Å². The number of benzene rings is 1. The number of anilines is 1. The third-order valence-electron chi connectivity index (χ3n) is 3.21. The molecule has 1 amide bonds. The molecule has 2 rings (SSSR count). The van der Waals surface area contributed by atoms with Crippen LogP contribution in [-0.4, -0.2) is 43.5 Å². The molecule has 1 saturated heterocycles. The van der Waals surface area contributed by atoms with Crippen molar-refractivity contribution in [2.45, 2.75) is 6.92 Å². The molecule has 0 aliphatic carbocycles. The zero-order chi connectivity index (χ0) is 12.3. The van der Waals surface area contributed by atoms with Crippen LogP contribution < -0.4 is 10.6 Å². The molecule has 4 nitrogen and oxygen atoms in total. The first kappa shape index (κ1) is 11.9. The summed E-state index contributed by atoms with van der Waals surface area (Å²) < 4.78 is 0. The third kappa shape index (κ3) is 2.97. The Morgan fingerprint density at radius 2 is 1.88 bits per heavy atom. The van der Waals surface area contributed by atoms with Crippen molar-refractivity contribution in [3.8, 4) is 0 Å². The van der Waals surface area contributed by atoms with Crippen LogP contribution in [0, 0.1) is 6.92 Å². The minimum absolute atomic E-state index is 0.241. The van der Waals surface area contributed by atoms with Crippen molar-refractivity contribution in [2.75, 3.05) is 37.6 Å². The largest absolute Gasteiger partial charge is 0.369 e. The van der Waals surface area contributed by atoms with Crippen molar-refractivity contribution in [3.05, 3.63) is 29.8 Å². The summed E-state index contributed by atoms with van der Waals surface area (Å²) >= 11 is 0. The number of piperazine rings is 1. The molecule has 4 heteroatoms. The molecule has 1 aliphatic rings. The Morgan fingerprint density at radius 3 is 2.47 bits per heavy atom. The Kier molecular flexibility index (Phi) is 3.64. The quantitative estimate of drug-likeness (QED) is 0.832. The summed E-state index contributed by atoms with van der Waals surface area (Å²) in [5.74, 6) is -0.241. The van der Waals surface area contributed by atoms with Gasteiger partial charge in [0.15, 0.2) is 0 Å². The minimum Gasteiger partial charge on any atom is -0.369 e. The van der Waals surface area contributed by atoms with E-state index in [0.717, 1.165) is 26.2 Å². The van der Waals surface area contributed by atoms with E-state index in [9.17, 15) is 4.79 Å². The average Bonchev–Trinajstić information content (AvgIpc) is 2.30. The molecule has 1 aromatic carbocycles. The van der Waals surface area contributed by atoms with Crippen LogP contribution in [0.15, 0.2) is 24.3 Å². The number of aryl methyl sites for hydroxylation is 1. The number of rotatable bonds is 3. The molecule has 0 radical (unpaired) electrons. The van der Waals surface area contributed by atoms with Gasteiger partial charge in [0, 0.05) is 31.9 Å². The SMILES string of the molecule is Cc1ccccc1N1CCN(CC(N)=O)CC1. The molecule has 1 aromatic rings. The maximum Gasteiger partial charge on any atom is 0.231 e. The first-order valence-electron chi connectivity index (χ1n) is 5.98. The highest BCUT2D eigenvalue weighted by Gasteiger charge is 2.18. The van der Waals surface area contributed by atoms with E-state index >= 15 is 0 Å². The third-order valence-corrected chi connectivity index (χ3v) is 3.21. The van der Waals surface area contributed by atoms with Crippen molar-refractivity contribution in [1.82, 2.24) is 4.90 Å². The molecule has 0 saturated carbocycles. The highest BCUT2D eigenvalue weighted by atomic mass is 16.1. The molecular weight excluding hydrogens is 214 g/mol. The number of para-hydroxylation sites is 1. The summed E-state index contributed by atoms with van der Waals surface area (Å²) in [4.78, 5) is 15.3. The van der Waals surface area contributed by atoms with Gasteiger partial charge in [-0.1, -0.05) is 18.2 Å². The smallest absolute Gasteiger partial charge is 0.231 e. The summed E-state index contributed by atoms with van der Waals surface area (Å²) in [7, 11) is 0. The maximum absolute atomic E-state index is 10.8. The van der Waals surface area contributed by atoms with Gasteiger partial charge in [0.05, 0.1) is 6.54 Å². The number of nitrogens with zero attached hydrogens (tertiary/aromatic N) is 2. The lowest BCUT2D eigenvalue weighted by Gasteiger charge is -2.36. The monoisotopic (exact) mass is 233 g/mol. The molecule has 0 spiro atoms. The van der Waals surface area contributed by atoms with E-state index in [2.05, 4.69) is 41.0 Å². The molecule has 0 bridgehead atoms. The number of hydrogen-bond acceptors (Lipinski definition) is 3. The van der Waals surface area contributed by atoms with Crippen LogP contribution in [-0.2, 0) is 4.79 Å². The van der Waals surface area contributed by atoms with Gasteiger partial charge in [-0.2, -0.15) is 0 Å². The molecule has 17 heavy (non-hydrogen) atoms. The first-order chi connectivity index (χ1) is 8.16. The Labute approximate surface area is 102 Å². The van der Waals surface area contributed by atoms with Crippen molar-refractivity contribution < 1.29 is 4.79 Å². The molecule has 0 aromatic heterocycles. The highest BCUT2D eigenvalue weighted by molar-refractivity contribution is 5.76. The Bertz CT molecular complexity index is 397. The van der Waals surface area contributed by atoms with Gasteiger partial charge in [-0.15, -0.1) is 0 Å². The van der Waals surface area contributed by atoms with Gasteiger partial charge in [-0.25, -0.2) is 0 Å². The fraction of sp³-hybridized carbons (Fsp3) is 0.462. The van der Waals surface area contributed by atoms with Crippen molar-refractivity contribution in [1.29, 1.82) is 0 Å². The summed E-state index contributed by atoms with van der Waals surface area (Å²) in [6, 6.07) is 8.41. The van der Waals surface area contributed by atoms with Crippen LogP contribution in [0.2, 0.25) is 0 Å². The summed E-state index contributed by atoms with van der Waals surface area (Å²) in [5.41, 5.74) is 7.80. The zero-order valence-electron chi connectivity index (χ0n) is 10.2.